The monoisotopic (exact) mass is 415 g/mol. The van der Waals surface area contributed by atoms with E-state index in [-0.39, 0.29) is 11.3 Å². The zero-order valence-electron chi connectivity index (χ0n) is 16.9. The maximum atomic E-state index is 13.0. The second kappa shape index (κ2) is 9.31. The van der Waals surface area contributed by atoms with Crippen molar-refractivity contribution in [1.82, 2.24) is 0 Å². The highest BCUT2D eigenvalue weighted by Gasteiger charge is 2.30. The van der Waals surface area contributed by atoms with E-state index in [1.54, 1.807) is 56.8 Å². The van der Waals surface area contributed by atoms with E-state index in [0.29, 0.717) is 25.0 Å². The van der Waals surface area contributed by atoms with E-state index >= 15 is 0 Å². The Bertz CT molecular complexity index is 865. The van der Waals surface area contributed by atoms with Crippen LogP contribution in [0.5, 0.6) is 5.75 Å². The van der Waals surface area contributed by atoms with Crippen molar-refractivity contribution in [3.63, 3.8) is 0 Å². The SMILES string of the molecule is CC(C)(C)OC(=O)OC1=C(C(=O)Oc2ccccc2)C(CC2=NCCS2)=CCC1. The molecule has 3 rings (SSSR count). The standard InChI is InChI=1S/C22H25NO5S/c1-22(2,3)28-21(25)27-17-11-7-8-15(14-18-23-12-13-29-18)19(17)20(24)26-16-9-5-4-6-10-16/h4-6,8-10H,7,11-14H2,1-3H3. The number of nitrogens with zero attached hydrogens (tertiary/aromatic N) is 1. The molecule has 29 heavy (non-hydrogen) atoms. The van der Waals surface area contributed by atoms with Crippen LogP contribution in [0.2, 0.25) is 0 Å². The molecule has 0 aromatic heterocycles. The molecule has 1 aromatic rings. The van der Waals surface area contributed by atoms with Gasteiger partial charge in [-0.25, -0.2) is 9.59 Å². The summed E-state index contributed by atoms with van der Waals surface area (Å²) in [4.78, 5) is 29.7. The molecule has 1 aromatic carbocycles. The van der Waals surface area contributed by atoms with E-state index in [1.165, 1.54) is 0 Å². The van der Waals surface area contributed by atoms with Crippen molar-refractivity contribution in [1.29, 1.82) is 0 Å². The van der Waals surface area contributed by atoms with Gasteiger partial charge in [-0.1, -0.05) is 24.3 Å². The molecule has 0 saturated carbocycles. The van der Waals surface area contributed by atoms with Crippen LogP contribution in [-0.4, -0.2) is 35.1 Å². The van der Waals surface area contributed by atoms with Crippen molar-refractivity contribution >= 4 is 28.9 Å². The lowest BCUT2D eigenvalue weighted by atomic mass is 9.94. The summed E-state index contributed by atoms with van der Waals surface area (Å²) >= 11 is 1.68. The third-order valence-corrected chi connectivity index (χ3v) is 5.10. The summed E-state index contributed by atoms with van der Waals surface area (Å²) in [6.07, 6.45) is 2.76. The molecule has 1 heterocycles. The minimum atomic E-state index is -0.827. The molecule has 0 amide bonds. The first-order valence-corrected chi connectivity index (χ1v) is 10.6. The first-order chi connectivity index (χ1) is 13.8. The van der Waals surface area contributed by atoms with E-state index < -0.39 is 17.7 Å². The molecule has 0 spiro atoms. The Hall–Kier alpha value is -2.54. The number of esters is 1. The van der Waals surface area contributed by atoms with Gasteiger partial charge in [0.2, 0.25) is 0 Å². The number of carbonyl (C=O) groups excluding carboxylic acids is 2. The van der Waals surface area contributed by atoms with Gasteiger partial charge in [-0.2, -0.15) is 0 Å². The smallest absolute Gasteiger partial charge is 0.428 e. The normalized spacial score (nSPS) is 16.8. The van der Waals surface area contributed by atoms with Crippen molar-refractivity contribution in [3.8, 4) is 5.75 Å². The number of benzene rings is 1. The number of ether oxygens (including phenoxy) is 3. The van der Waals surface area contributed by atoms with Crippen molar-refractivity contribution in [2.24, 2.45) is 4.99 Å². The Morgan fingerprint density at radius 3 is 2.55 bits per heavy atom. The number of rotatable bonds is 5. The van der Waals surface area contributed by atoms with Crippen molar-refractivity contribution in [2.45, 2.75) is 45.6 Å². The van der Waals surface area contributed by atoms with Crippen LogP contribution in [0.3, 0.4) is 0 Å². The van der Waals surface area contributed by atoms with Crippen LogP contribution < -0.4 is 4.74 Å². The Labute approximate surface area is 175 Å². The summed E-state index contributed by atoms with van der Waals surface area (Å²) < 4.78 is 16.3. The highest BCUT2D eigenvalue weighted by molar-refractivity contribution is 8.14. The molecule has 7 heteroatoms. The van der Waals surface area contributed by atoms with Gasteiger partial charge >= 0.3 is 12.1 Å². The molecule has 0 atom stereocenters. The Morgan fingerprint density at radius 2 is 1.90 bits per heavy atom. The molecule has 0 N–H and O–H groups in total. The Balaban J connectivity index is 1.87. The molecular weight excluding hydrogens is 390 g/mol. The maximum absolute atomic E-state index is 13.0. The first-order valence-electron chi connectivity index (χ1n) is 9.58. The third-order valence-electron chi connectivity index (χ3n) is 4.11. The van der Waals surface area contributed by atoms with Crippen LogP contribution in [0, 0.1) is 0 Å². The number of para-hydroxylation sites is 1. The highest BCUT2D eigenvalue weighted by atomic mass is 32.2. The van der Waals surface area contributed by atoms with Gasteiger partial charge in [-0.3, -0.25) is 4.99 Å². The Kier molecular flexibility index (Phi) is 6.79. The van der Waals surface area contributed by atoms with E-state index in [9.17, 15) is 9.59 Å². The quantitative estimate of drug-likeness (QED) is 0.495. The molecule has 0 saturated heterocycles. The predicted octanol–water partition coefficient (Wildman–Crippen LogP) is 5.05. The van der Waals surface area contributed by atoms with Crippen molar-refractivity contribution in [2.75, 3.05) is 12.3 Å². The van der Waals surface area contributed by atoms with Crippen LogP contribution in [0.25, 0.3) is 0 Å². The van der Waals surface area contributed by atoms with Gasteiger partial charge in [0.05, 0.1) is 5.04 Å². The van der Waals surface area contributed by atoms with E-state index in [4.69, 9.17) is 14.2 Å². The lowest BCUT2D eigenvalue weighted by Gasteiger charge is -2.23. The summed E-state index contributed by atoms with van der Waals surface area (Å²) in [5.74, 6) is 1.10. The summed E-state index contributed by atoms with van der Waals surface area (Å²) in [7, 11) is 0. The topological polar surface area (TPSA) is 74.2 Å². The molecule has 0 unspecified atom stereocenters. The van der Waals surface area contributed by atoms with Gasteiger partial charge in [0.25, 0.3) is 0 Å². The van der Waals surface area contributed by atoms with Crippen LogP contribution >= 0.6 is 11.8 Å². The van der Waals surface area contributed by atoms with Gasteiger partial charge in [-0.15, -0.1) is 11.8 Å². The second-order valence-electron chi connectivity index (χ2n) is 7.64. The average Bonchev–Trinajstić information content (AvgIpc) is 3.14. The highest BCUT2D eigenvalue weighted by Crippen LogP contribution is 2.33. The Morgan fingerprint density at radius 1 is 1.14 bits per heavy atom. The molecule has 0 bridgehead atoms. The first kappa shape index (κ1) is 21.2. The van der Waals surface area contributed by atoms with Crippen LogP contribution in [0.15, 0.2) is 58.3 Å². The fraction of sp³-hybridized carbons (Fsp3) is 0.409. The average molecular weight is 416 g/mol. The molecule has 2 aliphatic rings. The summed E-state index contributed by atoms with van der Waals surface area (Å²) in [6.45, 7) is 6.06. The van der Waals surface area contributed by atoms with Gasteiger partial charge in [0.15, 0.2) is 0 Å². The predicted molar refractivity (Wildman–Crippen MR) is 113 cm³/mol. The molecule has 1 aliphatic heterocycles. The van der Waals surface area contributed by atoms with Crippen LogP contribution in [0.4, 0.5) is 4.79 Å². The third kappa shape index (κ3) is 6.22. The fourth-order valence-electron chi connectivity index (χ4n) is 2.96. The molecule has 0 radical (unpaired) electrons. The van der Waals surface area contributed by atoms with Gasteiger partial charge in [0.1, 0.15) is 22.7 Å². The van der Waals surface area contributed by atoms with Gasteiger partial charge < -0.3 is 14.2 Å². The minimum absolute atomic E-state index is 0.279. The van der Waals surface area contributed by atoms with Crippen molar-refractivity contribution in [3.05, 3.63) is 53.3 Å². The second-order valence-corrected chi connectivity index (χ2v) is 8.80. The lowest BCUT2D eigenvalue weighted by Crippen LogP contribution is -2.26. The van der Waals surface area contributed by atoms with Crippen molar-refractivity contribution < 1.29 is 23.8 Å². The minimum Gasteiger partial charge on any atom is -0.428 e. The number of aliphatic imine (C=N–C) groups is 1. The van der Waals surface area contributed by atoms with E-state index in [0.717, 1.165) is 22.9 Å². The number of carbonyl (C=O) groups is 2. The lowest BCUT2D eigenvalue weighted by molar-refractivity contribution is -0.130. The molecule has 154 valence electrons. The number of hydrogen-bond donors (Lipinski definition) is 0. The van der Waals surface area contributed by atoms with Crippen LogP contribution in [0.1, 0.15) is 40.0 Å². The number of allylic oxidation sites excluding steroid dienone is 2. The van der Waals surface area contributed by atoms with Crippen LogP contribution in [-0.2, 0) is 14.3 Å². The molecule has 6 nitrogen and oxygen atoms in total. The number of thioether (sulfide) groups is 1. The number of hydrogen-bond acceptors (Lipinski definition) is 7. The summed E-state index contributed by atoms with van der Waals surface area (Å²) in [5, 5.41) is 0.972. The summed E-state index contributed by atoms with van der Waals surface area (Å²) in [5.41, 5.74) is 0.357. The molecule has 0 fully saturated rings. The fourth-order valence-corrected chi connectivity index (χ4v) is 3.82. The largest absolute Gasteiger partial charge is 0.514 e. The van der Waals surface area contributed by atoms with E-state index in [2.05, 4.69) is 4.99 Å². The van der Waals surface area contributed by atoms with Gasteiger partial charge in [0, 0.05) is 25.1 Å². The zero-order chi connectivity index (χ0) is 20.9. The zero-order valence-corrected chi connectivity index (χ0v) is 17.7. The molecule has 1 aliphatic carbocycles. The molecular formula is C22H25NO5S. The maximum Gasteiger partial charge on any atom is 0.514 e. The van der Waals surface area contributed by atoms with Gasteiger partial charge in [-0.05, 0) is 44.9 Å². The summed E-state index contributed by atoms with van der Waals surface area (Å²) in [6, 6.07) is 8.83. The van der Waals surface area contributed by atoms with E-state index in [1.807, 2.05) is 12.1 Å².